The van der Waals surface area contributed by atoms with Crippen LogP contribution >= 0.6 is 11.6 Å². The zero-order chi connectivity index (χ0) is 9.15. The maximum atomic E-state index is 6.37. The van der Waals surface area contributed by atoms with E-state index in [1.165, 1.54) is 0 Å². The SMILES string of the molecule is ClC1(c2ccccc2)CNCC[N]1. The first kappa shape index (κ1) is 9.00. The maximum Gasteiger partial charge on any atom is 0.147 e. The molecular weight excluding hydrogens is 184 g/mol. The van der Waals surface area contributed by atoms with Crippen LogP contribution in [0.15, 0.2) is 30.3 Å². The molecule has 2 nitrogen and oxygen atoms in total. The molecule has 0 saturated carbocycles. The Morgan fingerprint density at radius 1 is 1.31 bits per heavy atom. The van der Waals surface area contributed by atoms with Gasteiger partial charge in [-0.05, 0) is 5.56 Å². The topological polar surface area (TPSA) is 26.1 Å². The second kappa shape index (κ2) is 3.66. The van der Waals surface area contributed by atoms with Crippen LogP contribution < -0.4 is 10.6 Å². The molecule has 1 aliphatic rings. The number of nitrogens with one attached hydrogen (secondary N) is 1. The van der Waals surface area contributed by atoms with Gasteiger partial charge in [-0.2, -0.15) is 0 Å². The summed E-state index contributed by atoms with van der Waals surface area (Å²) in [6, 6.07) is 10.0. The lowest BCUT2D eigenvalue weighted by atomic mass is 10.1. The van der Waals surface area contributed by atoms with Crippen molar-refractivity contribution in [3.05, 3.63) is 35.9 Å². The smallest absolute Gasteiger partial charge is 0.147 e. The molecule has 13 heavy (non-hydrogen) atoms. The number of piperazine rings is 1. The van der Waals surface area contributed by atoms with Crippen LogP contribution in [0.3, 0.4) is 0 Å². The van der Waals surface area contributed by atoms with Crippen molar-refractivity contribution in [2.45, 2.75) is 5.00 Å². The zero-order valence-corrected chi connectivity index (χ0v) is 8.09. The molecule has 1 aromatic carbocycles. The van der Waals surface area contributed by atoms with Crippen LogP contribution in [0.1, 0.15) is 5.56 Å². The highest BCUT2D eigenvalue weighted by Crippen LogP contribution is 2.27. The minimum absolute atomic E-state index is 0.542. The predicted molar refractivity (Wildman–Crippen MR) is 53.8 cm³/mol. The minimum Gasteiger partial charge on any atom is -0.312 e. The average Bonchev–Trinajstić information content (AvgIpc) is 2.20. The Hall–Kier alpha value is -0.570. The van der Waals surface area contributed by atoms with Gasteiger partial charge < -0.3 is 5.32 Å². The molecule has 1 aliphatic heterocycles. The maximum absolute atomic E-state index is 6.37. The minimum atomic E-state index is -0.542. The first-order valence-electron chi connectivity index (χ1n) is 4.45. The Balaban J connectivity index is 2.23. The molecule has 3 heteroatoms. The quantitative estimate of drug-likeness (QED) is 0.531. The Morgan fingerprint density at radius 2 is 2.08 bits per heavy atom. The molecule has 1 fully saturated rings. The van der Waals surface area contributed by atoms with E-state index in [4.69, 9.17) is 11.6 Å². The monoisotopic (exact) mass is 195 g/mol. The van der Waals surface area contributed by atoms with Crippen molar-refractivity contribution in [3.8, 4) is 0 Å². The van der Waals surface area contributed by atoms with E-state index in [1.54, 1.807) is 0 Å². The van der Waals surface area contributed by atoms with Gasteiger partial charge in [0.25, 0.3) is 0 Å². The number of hydrogen-bond donors (Lipinski definition) is 1. The Bertz CT molecular complexity index is 268. The van der Waals surface area contributed by atoms with E-state index >= 15 is 0 Å². The van der Waals surface area contributed by atoms with Gasteiger partial charge in [0.15, 0.2) is 0 Å². The number of benzene rings is 1. The predicted octanol–water partition coefficient (Wildman–Crippen LogP) is 1.29. The number of hydrogen-bond acceptors (Lipinski definition) is 1. The average molecular weight is 196 g/mol. The summed E-state index contributed by atoms with van der Waals surface area (Å²) in [6.45, 7) is 2.44. The van der Waals surface area contributed by atoms with Crippen molar-refractivity contribution in [2.75, 3.05) is 19.6 Å². The Kier molecular flexibility index (Phi) is 2.54. The lowest BCUT2D eigenvalue weighted by Crippen LogP contribution is -2.49. The van der Waals surface area contributed by atoms with Crippen molar-refractivity contribution in [1.29, 1.82) is 0 Å². The van der Waals surface area contributed by atoms with Gasteiger partial charge in [0.2, 0.25) is 0 Å². The molecule has 1 N–H and O–H groups in total. The van der Waals surface area contributed by atoms with Crippen LogP contribution in [0.2, 0.25) is 0 Å². The van der Waals surface area contributed by atoms with Gasteiger partial charge in [0, 0.05) is 19.6 Å². The van der Waals surface area contributed by atoms with E-state index in [2.05, 4.69) is 10.6 Å². The van der Waals surface area contributed by atoms with Crippen LogP contribution in [0.25, 0.3) is 0 Å². The number of nitrogens with zero attached hydrogens (tertiary/aromatic N) is 1. The van der Waals surface area contributed by atoms with E-state index in [1.807, 2.05) is 30.3 Å². The molecule has 0 aromatic heterocycles. The van der Waals surface area contributed by atoms with Crippen LogP contribution in [-0.4, -0.2) is 19.6 Å². The summed E-state index contributed by atoms with van der Waals surface area (Å²) in [5, 5.41) is 7.68. The normalized spacial score (nSPS) is 28.7. The lowest BCUT2D eigenvalue weighted by molar-refractivity contribution is 0.375. The van der Waals surface area contributed by atoms with E-state index < -0.39 is 5.00 Å². The molecule has 1 aromatic rings. The molecule has 1 atom stereocenters. The molecule has 0 aliphatic carbocycles. The summed E-state index contributed by atoms with van der Waals surface area (Å²) < 4.78 is 0. The van der Waals surface area contributed by atoms with Crippen molar-refractivity contribution in [3.63, 3.8) is 0 Å². The van der Waals surface area contributed by atoms with Crippen molar-refractivity contribution in [1.82, 2.24) is 10.6 Å². The fourth-order valence-electron chi connectivity index (χ4n) is 1.51. The van der Waals surface area contributed by atoms with E-state index in [0.29, 0.717) is 0 Å². The summed E-state index contributed by atoms with van der Waals surface area (Å²) in [7, 11) is 0. The standard InChI is InChI=1S/C10H12ClN2/c11-10(8-12-6-7-13-10)9-4-2-1-3-5-9/h1-5,12H,6-8H2. The van der Waals surface area contributed by atoms with Gasteiger partial charge >= 0.3 is 0 Å². The highest BCUT2D eigenvalue weighted by Gasteiger charge is 2.31. The molecule has 2 rings (SSSR count). The molecule has 1 radical (unpaired) electrons. The van der Waals surface area contributed by atoms with Gasteiger partial charge in [0.1, 0.15) is 5.00 Å². The third kappa shape index (κ3) is 1.85. The zero-order valence-electron chi connectivity index (χ0n) is 7.33. The van der Waals surface area contributed by atoms with Crippen molar-refractivity contribution < 1.29 is 0 Å². The molecule has 0 bridgehead atoms. The highest BCUT2D eigenvalue weighted by atomic mass is 35.5. The first-order valence-corrected chi connectivity index (χ1v) is 4.83. The summed E-state index contributed by atoms with van der Waals surface area (Å²) in [6.07, 6.45) is 0. The Morgan fingerprint density at radius 3 is 2.69 bits per heavy atom. The molecule has 1 unspecified atom stereocenters. The molecule has 69 valence electrons. The molecular formula is C10H12ClN2. The van der Waals surface area contributed by atoms with E-state index in [-0.39, 0.29) is 0 Å². The fourth-order valence-corrected chi connectivity index (χ4v) is 1.81. The van der Waals surface area contributed by atoms with Gasteiger partial charge in [-0.15, -0.1) is 0 Å². The third-order valence-electron chi connectivity index (χ3n) is 2.23. The second-order valence-electron chi connectivity index (χ2n) is 3.18. The largest absolute Gasteiger partial charge is 0.312 e. The van der Waals surface area contributed by atoms with Gasteiger partial charge in [-0.3, -0.25) is 0 Å². The lowest BCUT2D eigenvalue weighted by Gasteiger charge is -2.31. The fraction of sp³-hybridized carbons (Fsp3) is 0.400. The number of rotatable bonds is 1. The molecule has 1 saturated heterocycles. The summed E-state index contributed by atoms with van der Waals surface area (Å²) in [5.74, 6) is 0. The molecule has 0 spiro atoms. The van der Waals surface area contributed by atoms with Gasteiger partial charge in [-0.25, -0.2) is 5.32 Å². The van der Waals surface area contributed by atoms with Crippen LogP contribution in [0, 0.1) is 0 Å². The van der Waals surface area contributed by atoms with E-state index in [9.17, 15) is 0 Å². The van der Waals surface area contributed by atoms with Gasteiger partial charge in [-0.1, -0.05) is 41.9 Å². The van der Waals surface area contributed by atoms with Crippen molar-refractivity contribution >= 4 is 11.6 Å². The van der Waals surface area contributed by atoms with E-state index in [0.717, 1.165) is 25.2 Å². The van der Waals surface area contributed by atoms with Crippen LogP contribution in [0.5, 0.6) is 0 Å². The highest BCUT2D eigenvalue weighted by molar-refractivity contribution is 6.24. The molecule has 0 amide bonds. The van der Waals surface area contributed by atoms with Gasteiger partial charge in [0.05, 0.1) is 0 Å². The summed E-state index contributed by atoms with van der Waals surface area (Å²) in [5.41, 5.74) is 1.07. The molecule has 1 heterocycles. The summed E-state index contributed by atoms with van der Waals surface area (Å²) >= 11 is 6.37. The first-order chi connectivity index (χ1) is 6.31. The number of halogens is 1. The van der Waals surface area contributed by atoms with Crippen LogP contribution in [0.4, 0.5) is 0 Å². The van der Waals surface area contributed by atoms with Crippen molar-refractivity contribution in [2.24, 2.45) is 0 Å². The second-order valence-corrected chi connectivity index (χ2v) is 3.81. The Labute approximate surface area is 83.3 Å². The van der Waals surface area contributed by atoms with Crippen LogP contribution in [-0.2, 0) is 5.00 Å². The number of alkyl halides is 1. The summed E-state index contributed by atoms with van der Waals surface area (Å²) in [4.78, 5) is -0.542. The third-order valence-corrected chi connectivity index (χ3v) is 2.70.